The van der Waals surface area contributed by atoms with Crippen molar-refractivity contribution < 1.29 is 9.59 Å². The van der Waals surface area contributed by atoms with E-state index < -0.39 is 6.04 Å². The number of aromatic nitrogens is 3. The molecule has 1 aromatic carbocycles. The van der Waals surface area contributed by atoms with E-state index in [1.54, 1.807) is 19.3 Å². The molecule has 2 aliphatic rings. The lowest BCUT2D eigenvalue weighted by atomic mass is 9.96. The van der Waals surface area contributed by atoms with Crippen LogP contribution in [0.3, 0.4) is 0 Å². The minimum atomic E-state index is -0.467. The number of hydrogen-bond donors (Lipinski definition) is 3. The molecule has 0 unspecified atom stereocenters. The molecule has 3 heterocycles. The fraction of sp³-hybridized carbons (Fsp3) is 0.333. The zero-order valence-corrected chi connectivity index (χ0v) is 28.0. The van der Waals surface area contributed by atoms with Gasteiger partial charge in [0.05, 0.1) is 17.8 Å². The highest BCUT2D eigenvalue weighted by molar-refractivity contribution is 9.11. The van der Waals surface area contributed by atoms with Gasteiger partial charge in [-0.3, -0.25) is 19.6 Å². The Labute approximate surface area is 275 Å². The number of rotatable bonds is 8. The van der Waals surface area contributed by atoms with Gasteiger partial charge in [0.1, 0.15) is 0 Å². The Hall–Kier alpha value is -2.85. The Kier molecular flexibility index (Phi) is 11.7. The third-order valence-electron chi connectivity index (χ3n) is 8.16. The number of nitrogens with zero attached hydrogens (tertiary/aromatic N) is 2. The number of carbonyl (C=O) groups excluding carboxylic acids is 2. The van der Waals surface area contributed by atoms with Gasteiger partial charge in [-0.2, -0.15) is 0 Å². The fourth-order valence-electron chi connectivity index (χ4n) is 5.76. The number of Topliss-reactive ketones (excluding diaryl/α,β-unsaturated/α-hetero) is 1. The number of benzene rings is 1. The predicted molar refractivity (Wildman–Crippen MR) is 181 cm³/mol. The first kappa shape index (κ1) is 33.1. The van der Waals surface area contributed by atoms with Gasteiger partial charge in [-0.05, 0) is 99.6 Å². The van der Waals surface area contributed by atoms with Crippen LogP contribution < -0.4 is 11.1 Å². The summed E-state index contributed by atoms with van der Waals surface area (Å²) in [7, 11) is 0. The molecule has 3 atom stereocenters. The monoisotopic (exact) mass is 727 g/mol. The third-order valence-corrected chi connectivity index (χ3v) is 9.42. The van der Waals surface area contributed by atoms with Gasteiger partial charge in [0.25, 0.3) is 0 Å². The molecule has 2 aliphatic carbocycles. The molecule has 10 heteroatoms. The number of H-pyrrole nitrogens is 1. The van der Waals surface area contributed by atoms with Crippen LogP contribution in [0.25, 0.3) is 17.0 Å². The average Bonchev–Trinajstić information content (AvgIpc) is 3.76. The normalized spacial score (nSPS) is 17.7. The van der Waals surface area contributed by atoms with Crippen LogP contribution in [-0.4, -0.2) is 39.2 Å². The number of ketones is 1. The van der Waals surface area contributed by atoms with Crippen LogP contribution >= 0.6 is 44.3 Å². The van der Waals surface area contributed by atoms with E-state index in [-0.39, 0.29) is 30.0 Å². The van der Waals surface area contributed by atoms with Gasteiger partial charge in [-0.15, -0.1) is 12.4 Å². The van der Waals surface area contributed by atoms with Gasteiger partial charge < -0.3 is 16.0 Å². The molecular formula is C33H36Br2ClN5O2. The van der Waals surface area contributed by atoms with Crippen molar-refractivity contribution in [1.82, 2.24) is 20.3 Å². The van der Waals surface area contributed by atoms with Gasteiger partial charge >= 0.3 is 0 Å². The smallest absolute Gasteiger partial charge is 0.223 e. The summed E-state index contributed by atoms with van der Waals surface area (Å²) in [6, 6.07) is 12.0. The number of amides is 1. The van der Waals surface area contributed by atoms with Gasteiger partial charge in [0.2, 0.25) is 5.91 Å². The first-order valence-corrected chi connectivity index (χ1v) is 15.9. The summed E-state index contributed by atoms with van der Waals surface area (Å²) in [6.07, 6.45) is 14.1. The maximum atomic E-state index is 12.7. The topological polar surface area (TPSA) is 114 Å². The molecule has 4 aromatic rings. The van der Waals surface area contributed by atoms with Crippen molar-refractivity contribution in [3.05, 3.63) is 98.1 Å². The summed E-state index contributed by atoms with van der Waals surface area (Å²) in [5, 5.41) is 4.01. The maximum Gasteiger partial charge on any atom is 0.223 e. The zero-order chi connectivity index (χ0) is 29.6. The van der Waals surface area contributed by atoms with Gasteiger partial charge in [-0.25, -0.2) is 0 Å². The van der Waals surface area contributed by atoms with Crippen molar-refractivity contribution in [2.45, 2.75) is 57.4 Å². The summed E-state index contributed by atoms with van der Waals surface area (Å²) in [5.41, 5.74) is 12.6. The lowest BCUT2D eigenvalue weighted by Crippen LogP contribution is -2.41. The first-order chi connectivity index (χ1) is 20.3. The van der Waals surface area contributed by atoms with Crippen LogP contribution in [-0.2, 0) is 22.4 Å². The van der Waals surface area contributed by atoms with Crippen molar-refractivity contribution in [3.8, 4) is 0 Å². The molecular weight excluding hydrogens is 694 g/mol. The molecule has 4 N–H and O–H groups in total. The number of nitrogens with two attached hydrogens (primary N) is 1. The highest BCUT2D eigenvalue weighted by Crippen LogP contribution is 2.38. The van der Waals surface area contributed by atoms with Crippen molar-refractivity contribution in [1.29, 1.82) is 0 Å². The number of nitrogens with one attached hydrogen (secondary N) is 2. The second-order valence-corrected chi connectivity index (χ2v) is 12.8. The third kappa shape index (κ3) is 8.20. The summed E-state index contributed by atoms with van der Waals surface area (Å²) in [4.78, 5) is 36.8. The van der Waals surface area contributed by atoms with Gasteiger partial charge in [0.15, 0.2) is 5.78 Å². The highest BCUT2D eigenvalue weighted by Gasteiger charge is 2.31. The molecule has 0 bridgehead atoms. The number of aryl methyl sites for hydroxylation is 1. The van der Waals surface area contributed by atoms with Crippen LogP contribution in [0, 0.1) is 5.92 Å². The van der Waals surface area contributed by atoms with E-state index in [2.05, 4.69) is 70.3 Å². The average molecular weight is 730 g/mol. The Bertz CT molecular complexity index is 1610. The molecule has 0 saturated heterocycles. The summed E-state index contributed by atoms with van der Waals surface area (Å²) in [5.74, 6) is 0.486. The quantitative estimate of drug-likeness (QED) is 0.180. The molecule has 43 heavy (non-hydrogen) atoms. The van der Waals surface area contributed by atoms with Crippen LogP contribution in [0.2, 0.25) is 0 Å². The van der Waals surface area contributed by atoms with Crippen molar-refractivity contribution in [2.75, 3.05) is 6.54 Å². The van der Waals surface area contributed by atoms with E-state index in [0.717, 1.165) is 51.2 Å². The Morgan fingerprint density at radius 2 is 1.81 bits per heavy atom. The Morgan fingerprint density at radius 1 is 1.07 bits per heavy atom. The number of carbonyl (C=O) groups is 2. The molecule has 226 valence electrons. The SMILES string of the molecule is C[C@H](NC(=O)[C@@H]1CC[C@@H](c2ccccc2)C1)C(=O)CCc1cc2c(Br)cncc2[nH]1.Cl.NCC1=Cc2c(Br)cncc2C1. The van der Waals surface area contributed by atoms with Crippen LogP contribution in [0.4, 0.5) is 0 Å². The Balaban J connectivity index is 0.000000272. The summed E-state index contributed by atoms with van der Waals surface area (Å²) < 4.78 is 1.99. The van der Waals surface area contributed by atoms with E-state index in [1.165, 1.54) is 22.3 Å². The largest absolute Gasteiger partial charge is 0.357 e. The number of halogens is 3. The molecule has 1 fully saturated rings. The number of pyridine rings is 2. The predicted octanol–water partition coefficient (Wildman–Crippen LogP) is 7.08. The summed E-state index contributed by atoms with van der Waals surface area (Å²) >= 11 is 6.95. The van der Waals surface area contributed by atoms with E-state index in [0.29, 0.717) is 25.3 Å². The van der Waals surface area contributed by atoms with Crippen LogP contribution in [0.15, 0.2) is 75.7 Å². The molecule has 3 aromatic heterocycles. The molecule has 0 aliphatic heterocycles. The zero-order valence-electron chi connectivity index (χ0n) is 24.0. The molecule has 6 rings (SSSR count). The van der Waals surface area contributed by atoms with Crippen molar-refractivity contribution >= 4 is 72.9 Å². The van der Waals surface area contributed by atoms with E-state index in [1.807, 2.05) is 36.7 Å². The van der Waals surface area contributed by atoms with E-state index in [4.69, 9.17) is 5.73 Å². The van der Waals surface area contributed by atoms with Crippen molar-refractivity contribution in [2.24, 2.45) is 11.7 Å². The molecule has 0 radical (unpaired) electrons. The molecule has 1 amide bonds. The summed E-state index contributed by atoms with van der Waals surface area (Å²) in [6.45, 7) is 2.43. The lowest BCUT2D eigenvalue weighted by molar-refractivity contribution is -0.129. The van der Waals surface area contributed by atoms with E-state index in [9.17, 15) is 9.59 Å². The minimum absolute atomic E-state index is 0. The number of aromatic amines is 1. The highest BCUT2D eigenvalue weighted by atomic mass is 79.9. The molecule has 7 nitrogen and oxygen atoms in total. The van der Waals surface area contributed by atoms with Crippen molar-refractivity contribution in [3.63, 3.8) is 0 Å². The second kappa shape index (κ2) is 15.2. The second-order valence-electron chi connectivity index (χ2n) is 11.1. The van der Waals surface area contributed by atoms with Crippen LogP contribution in [0.1, 0.15) is 60.9 Å². The number of hydrogen-bond acceptors (Lipinski definition) is 5. The minimum Gasteiger partial charge on any atom is -0.357 e. The van der Waals surface area contributed by atoms with Gasteiger partial charge in [-0.1, -0.05) is 42.0 Å². The Morgan fingerprint density at radius 3 is 2.53 bits per heavy atom. The fourth-order valence-corrected chi connectivity index (χ4v) is 6.70. The van der Waals surface area contributed by atoms with Gasteiger partial charge in [0, 0.05) is 57.5 Å². The standard InChI is InChI=1S/C24H26BrN3O2.C9H9BrN2.ClH/c1-15(23(29)10-9-19-12-20-21(25)13-26-14-22(20)28-19)27-24(30)18-8-7-17(11-18)16-5-3-2-4-6-16;10-9-5-12-4-7-1-6(3-11)2-8(7)9;/h2-6,12-15,17-18,28H,7-11H2,1H3,(H,27,30);2,4-5H,1,3,11H2;1H/t15-,17+,18+;;/m0../s1. The maximum absolute atomic E-state index is 12.7. The van der Waals surface area contributed by atoms with E-state index >= 15 is 0 Å². The molecule has 1 saturated carbocycles. The first-order valence-electron chi connectivity index (χ1n) is 14.3. The number of fused-ring (bicyclic) bond motifs is 2. The molecule has 0 spiro atoms. The lowest BCUT2D eigenvalue weighted by Gasteiger charge is -2.16. The van der Waals surface area contributed by atoms with Crippen LogP contribution in [0.5, 0.6) is 0 Å².